The van der Waals surface area contributed by atoms with E-state index in [1.54, 1.807) is 152 Å². The van der Waals surface area contributed by atoms with Gasteiger partial charge in [-0.25, -0.2) is 19.3 Å². The molecule has 10 aromatic rings. The Morgan fingerprint density at radius 1 is 0.428 bits per heavy atom. The number of aliphatic hydroxyl groups is 1. The van der Waals surface area contributed by atoms with Gasteiger partial charge in [-0.15, -0.1) is 0 Å². The molecule has 0 saturated heterocycles. The molecule has 0 atom stereocenters. The number of halogens is 1. The number of nitrogens with zero attached hydrogens (tertiary/aromatic N) is 9. The van der Waals surface area contributed by atoms with E-state index in [-0.39, 0.29) is 141 Å². The summed E-state index contributed by atoms with van der Waals surface area (Å²) in [5.74, 6) is -3.37. The Hall–Kier alpha value is -13.5. The minimum absolute atomic E-state index is 0.0140. The number of nitrogens with one attached hydrogen (secondary N) is 11. The van der Waals surface area contributed by atoms with E-state index < -0.39 is 58.7 Å². The zero-order valence-electron chi connectivity index (χ0n) is 83.8. The number of anilines is 5. The lowest BCUT2D eigenvalue weighted by Crippen LogP contribution is -2.33. The number of aromatic amines is 1. The van der Waals surface area contributed by atoms with Crippen LogP contribution in [0.1, 0.15) is 132 Å². The Morgan fingerprint density at radius 2 is 0.910 bits per heavy atom. The van der Waals surface area contributed by atoms with E-state index in [1.807, 2.05) is 0 Å². The molecule has 10 rings (SSSR count). The van der Waals surface area contributed by atoms with Crippen molar-refractivity contribution in [3.8, 4) is 28.4 Å². The Morgan fingerprint density at radius 3 is 1.45 bits per heavy atom. The molecule has 0 aliphatic heterocycles. The average Bonchev–Trinajstić information content (AvgIpc) is 1.59. The molecule has 0 aliphatic carbocycles. The predicted molar refractivity (Wildman–Crippen MR) is 534 cm³/mol. The first-order valence-corrected chi connectivity index (χ1v) is 47.9. The van der Waals surface area contributed by atoms with Crippen LogP contribution < -0.4 is 68.2 Å². The van der Waals surface area contributed by atoms with E-state index in [9.17, 15) is 57.4 Å². The first kappa shape index (κ1) is 113. The number of H-pyrrole nitrogens is 1. The number of amides is 9. The number of unbranched alkanes of at least 4 members (excludes halogenated alkanes) is 2. The van der Waals surface area contributed by atoms with Gasteiger partial charge in [-0.2, -0.15) is 0 Å². The monoisotopic (exact) mass is 2020 g/mol. The van der Waals surface area contributed by atoms with Crippen LogP contribution in [0.25, 0.3) is 22.0 Å². The van der Waals surface area contributed by atoms with E-state index in [1.165, 1.54) is 61.1 Å². The second-order valence-electron chi connectivity index (χ2n) is 33.9. The third-order valence-corrected chi connectivity index (χ3v) is 22.0. The molecule has 0 spiro atoms. The predicted octanol–water partition coefficient (Wildman–Crippen LogP) is 6.83. The van der Waals surface area contributed by atoms with E-state index in [4.69, 9.17) is 66.3 Å². The number of pyridine rings is 1. The summed E-state index contributed by atoms with van der Waals surface area (Å²) in [5.41, 5.74) is 3.03. The Balaban J connectivity index is 0.563. The SMILES string of the molecule is COCCOCCOCCOCCOCCOCCOCCOCCNCCCCCn1cc(NC(=O)c2nc(NC(=O)CCNC(=O)c3cc(NC(=O)c4nccn4C)cn3C)cn2C)cc1C(=O)NCCC(=O)Nc1cn(C)c(C(=O)NCCC(=O)NCCOCCOCCOCCOCCOc2ccc(NC(=O)c3cc4c(-c5cc(C(C)(C)O)ccc5Oc5c(C)cc(F)cc5C)cn(C)c(=O)c4[nH]3)cc2)n1. The Kier molecular flexibility index (Phi) is 47.2. The summed E-state index contributed by atoms with van der Waals surface area (Å²) >= 11 is 0. The highest BCUT2D eigenvalue weighted by atomic mass is 19.1. The Labute approximate surface area is 838 Å². The van der Waals surface area contributed by atoms with E-state index in [0.29, 0.717) is 220 Å². The fourth-order valence-electron chi connectivity index (χ4n) is 14.5. The zero-order valence-corrected chi connectivity index (χ0v) is 83.8. The zero-order chi connectivity index (χ0) is 104. The number of rotatable bonds is 70. The molecular formula is C99H135FN20O25. The average molecular weight is 2020 g/mol. The lowest BCUT2D eigenvalue weighted by atomic mass is 9.93. The van der Waals surface area contributed by atoms with Gasteiger partial charge >= 0.3 is 0 Å². The second kappa shape index (κ2) is 60.3. The molecule has 45 nitrogen and oxygen atoms in total. The number of aromatic nitrogens is 10. The van der Waals surface area contributed by atoms with Crippen molar-refractivity contribution in [2.45, 2.75) is 78.4 Å². The molecule has 3 aromatic carbocycles. The molecule has 0 aliphatic rings. The number of methoxy groups -OCH3 is 1. The maximum atomic E-state index is 14.3. The van der Waals surface area contributed by atoms with Gasteiger partial charge < -0.3 is 157 Å². The summed E-state index contributed by atoms with van der Waals surface area (Å²) in [4.78, 5) is 149. The van der Waals surface area contributed by atoms with Crippen molar-refractivity contribution in [3.63, 3.8) is 0 Å². The van der Waals surface area contributed by atoms with Gasteiger partial charge in [-0.05, 0) is 131 Å². The fourth-order valence-corrected chi connectivity index (χ4v) is 14.5. The fraction of sp³-hybridized carbons (Fsp3) is 0.485. The summed E-state index contributed by atoms with van der Waals surface area (Å²) in [6, 6.07) is 19.4. The van der Waals surface area contributed by atoms with Gasteiger partial charge in [-0.3, -0.25) is 47.9 Å². The van der Waals surface area contributed by atoms with Crippen LogP contribution in [-0.2, 0) is 119 Å². The van der Waals surface area contributed by atoms with Crippen LogP contribution in [0.3, 0.4) is 0 Å². The third kappa shape index (κ3) is 38.2. The van der Waals surface area contributed by atoms with E-state index >= 15 is 0 Å². The molecule has 0 fully saturated rings. The van der Waals surface area contributed by atoms with E-state index in [0.717, 1.165) is 12.8 Å². The molecule has 7 heterocycles. The highest BCUT2D eigenvalue weighted by Gasteiger charge is 2.27. The first-order chi connectivity index (χ1) is 70.0. The van der Waals surface area contributed by atoms with Crippen LogP contribution in [0.2, 0.25) is 0 Å². The molecule has 7 aromatic heterocycles. The summed E-state index contributed by atoms with van der Waals surface area (Å²) in [6.07, 6.45) is 12.7. The van der Waals surface area contributed by atoms with Gasteiger partial charge in [0.1, 0.15) is 52.3 Å². The molecule has 0 unspecified atom stereocenters. The lowest BCUT2D eigenvalue weighted by molar-refractivity contribution is -0.121. The van der Waals surface area contributed by atoms with Crippen molar-refractivity contribution in [2.75, 3.05) is 232 Å². The minimum atomic E-state index is -1.24. The molecule has 788 valence electrons. The number of ether oxygens (including phenoxy) is 14. The van der Waals surface area contributed by atoms with Crippen molar-refractivity contribution in [3.05, 3.63) is 184 Å². The maximum Gasteiger partial charge on any atom is 0.291 e. The topological polar surface area (TPSA) is 524 Å². The number of carbonyl (C=O) groups is 9. The molecule has 0 saturated carbocycles. The van der Waals surface area contributed by atoms with Crippen molar-refractivity contribution in [1.82, 2.24) is 73.9 Å². The number of fused-ring (bicyclic) bond motifs is 1. The smallest absolute Gasteiger partial charge is 0.291 e. The highest BCUT2D eigenvalue weighted by Crippen LogP contribution is 2.41. The summed E-state index contributed by atoms with van der Waals surface area (Å²) in [6.45, 7) is 18.2. The number of imidazole rings is 3. The van der Waals surface area contributed by atoms with Gasteiger partial charge in [0.25, 0.3) is 41.0 Å². The number of carbonyl (C=O) groups excluding carboxylic acids is 9. The Bertz CT molecular complexity index is 5870. The quantitative estimate of drug-likeness (QED) is 0.0174. The van der Waals surface area contributed by atoms with Gasteiger partial charge in [0.15, 0.2) is 17.5 Å². The summed E-state index contributed by atoms with van der Waals surface area (Å²) in [7, 11) is 9.68. The van der Waals surface area contributed by atoms with Crippen molar-refractivity contribution in [2.24, 2.45) is 35.2 Å². The lowest BCUT2D eigenvalue weighted by Gasteiger charge is -2.22. The van der Waals surface area contributed by atoms with Gasteiger partial charge in [0.05, 0.1) is 169 Å². The second-order valence-corrected chi connectivity index (χ2v) is 33.9. The molecule has 46 heteroatoms. The van der Waals surface area contributed by atoms with Gasteiger partial charge in [-0.1, -0.05) is 12.5 Å². The summed E-state index contributed by atoms with van der Waals surface area (Å²) < 4.78 is 102. The van der Waals surface area contributed by atoms with Crippen molar-refractivity contribution >= 4 is 92.8 Å². The number of hydrogen-bond donors (Lipinski definition) is 12. The van der Waals surface area contributed by atoms with Crippen LogP contribution in [0, 0.1) is 19.7 Å². The van der Waals surface area contributed by atoms with Gasteiger partial charge in [0, 0.05) is 166 Å². The minimum Gasteiger partial charge on any atom is -0.491 e. The molecule has 0 bridgehead atoms. The third-order valence-electron chi connectivity index (χ3n) is 22.0. The van der Waals surface area contributed by atoms with Crippen LogP contribution >= 0.6 is 0 Å². The standard InChI is InChI=1S/C99H135FN20O25/c1-67-56-70(100)57-68(2)88(67)145-81-19-14-69(99(3,4)131)58-75(81)77-64-119(9)98(130)87-76(77)61-78(110-87)92(124)107-71-15-17-74(18-16-71)144-55-54-143-53-52-142-45-43-137-39-37-134-33-29-102-84(121)20-24-106-95(127)90-113-82(65-117(90)7)111-86(123)22-26-105-94(126)80-60-73(63-120(80)30-13-11-12-23-101-28-32-133-36-38-136-42-44-139-48-49-141-51-50-140-47-46-138-41-40-135-35-34-132-10)109-97(129)91-114-83(66-118(91)8)112-85(122)21-25-104-93(125)79-59-72(62-116(79)6)108-96(128)89-103-27-31-115(89)5/h14-19,27,31,56-66,101,110,131H,11-13,20-26,28-30,32-55H2,1-10H3,(H,102,121)(H,104,125)(H,105,126)(H,106,127)(H,107,124)(H,108,128)(H,109,129)(H,111,123)(H,112,122). The number of aryl methyl sites for hydroxylation is 8. The maximum absolute atomic E-state index is 14.3. The largest absolute Gasteiger partial charge is 0.491 e. The van der Waals surface area contributed by atoms with Gasteiger partial charge in [0.2, 0.25) is 29.4 Å². The summed E-state index contributed by atoms with van der Waals surface area (Å²) in [5, 5.41) is 39.5. The van der Waals surface area contributed by atoms with Crippen LogP contribution in [-0.4, -0.2) is 311 Å². The highest BCUT2D eigenvalue weighted by molar-refractivity contribution is 6.09. The van der Waals surface area contributed by atoms with Crippen LogP contribution in [0.5, 0.6) is 17.2 Å². The first-order valence-electron chi connectivity index (χ1n) is 47.9. The molecule has 145 heavy (non-hydrogen) atoms. The van der Waals surface area contributed by atoms with Crippen LogP contribution in [0.15, 0.2) is 121 Å². The molecule has 9 amide bonds. The van der Waals surface area contributed by atoms with Crippen LogP contribution in [0.4, 0.5) is 33.1 Å². The normalized spacial score (nSPS) is 11.4. The van der Waals surface area contributed by atoms with Crippen molar-refractivity contribution in [1.29, 1.82) is 0 Å². The van der Waals surface area contributed by atoms with E-state index in [2.05, 4.69) is 73.1 Å². The molecule has 0 radical (unpaired) electrons. The molecule has 12 N–H and O–H groups in total. The number of benzene rings is 3. The molecular weight excluding hydrogens is 1890 g/mol. The number of hydrogen-bond acceptors (Lipinski definition) is 29. The van der Waals surface area contributed by atoms with Crippen molar-refractivity contribution < 1.29 is 119 Å².